The molecule has 0 saturated heterocycles. The number of nitrogens with zero attached hydrogens (tertiary/aromatic N) is 2. The van der Waals surface area contributed by atoms with Crippen molar-refractivity contribution in [3.05, 3.63) is 58.0 Å². The number of aromatic nitrogens is 3. The maximum Gasteiger partial charge on any atom is 0.267 e. The Morgan fingerprint density at radius 2 is 1.95 bits per heavy atom. The third-order valence-corrected chi connectivity index (χ3v) is 3.40. The first-order chi connectivity index (χ1) is 9.16. The first-order valence-corrected chi connectivity index (χ1v) is 6.08. The zero-order valence-corrected chi connectivity index (χ0v) is 10.8. The van der Waals surface area contributed by atoms with Gasteiger partial charge in [-0.1, -0.05) is 12.1 Å². The minimum Gasteiger partial charge on any atom is -0.268 e. The molecule has 2 aromatic heterocycles. The molecule has 94 valence electrons. The number of pyridine rings is 1. The first kappa shape index (κ1) is 11.6. The summed E-state index contributed by atoms with van der Waals surface area (Å²) in [6.07, 6.45) is 1.77. The monoisotopic (exact) mass is 251 g/mol. The van der Waals surface area contributed by atoms with E-state index in [-0.39, 0.29) is 5.56 Å². The molecule has 19 heavy (non-hydrogen) atoms. The molecule has 4 nitrogen and oxygen atoms in total. The molecule has 3 rings (SSSR count). The van der Waals surface area contributed by atoms with Gasteiger partial charge in [-0.25, -0.2) is 5.10 Å². The summed E-state index contributed by atoms with van der Waals surface area (Å²) in [6, 6.07) is 9.90. The highest BCUT2D eigenvalue weighted by Crippen LogP contribution is 2.24. The highest BCUT2D eigenvalue weighted by atomic mass is 16.1. The molecule has 0 radical (unpaired) electrons. The van der Waals surface area contributed by atoms with E-state index in [1.807, 2.05) is 44.2 Å². The van der Waals surface area contributed by atoms with Gasteiger partial charge in [0.25, 0.3) is 5.56 Å². The van der Waals surface area contributed by atoms with E-state index in [1.165, 1.54) is 0 Å². The average Bonchev–Trinajstić information content (AvgIpc) is 2.44. The van der Waals surface area contributed by atoms with Crippen LogP contribution in [0.5, 0.6) is 0 Å². The predicted molar refractivity (Wildman–Crippen MR) is 75.1 cm³/mol. The van der Waals surface area contributed by atoms with Crippen LogP contribution >= 0.6 is 0 Å². The number of fused-ring (bicyclic) bond motifs is 1. The van der Waals surface area contributed by atoms with Crippen LogP contribution in [0.4, 0.5) is 0 Å². The van der Waals surface area contributed by atoms with Crippen molar-refractivity contribution >= 4 is 10.9 Å². The van der Waals surface area contributed by atoms with Gasteiger partial charge in [-0.15, -0.1) is 0 Å². The van der Waals surface area contributed by atoms with Gasteiger partial charge in [0.1, 0.15) is 0 Å². The Bertz CT molecular complexity index is 821. The SMILES string of the molecule is Cc1c(-c2ccc3ncccc3c2)n[nH]c(=O)c1C. The van der Waals surface area contributed by atoms with E-state index in [9.17, 15) is 4.79 Å². The van der Waals surface area contributed by atoms with Gasteiger partial charge in [-0.2, -0.15) is 5.10 Å². The molecule has 0 fully saturated rings. The van der Waals surface area contributed by atoms with Gasteiger partial charge in [0, 0.05) is 22.7 Å². The number of hydrogen-bond acceptors (Lipinski definition) is 3. The van der Waals surface area contributed by atoms with Crippen molar-refractivity contribution in [2.24, 2.45) is 0 Å². The Morgan fingerprint density at radius 3 is 2.79 bits per heavy atom. The molecular formula is C15H13N3O. The Kier molecular flexibility index (Phi) is 2.63. The van der Waals surface area contributed by atoms with Crippen molar-refractivity contribution < 1.29 is 0 Å². The van der Waals surface area contributed by atoms with E-state index in [1.54, 1.807) is 6.20 Å². The molecule has 0 unspecified atom stereocenters. The Balaban J connectivity index is 2.25. The molecule has 3 aromatic rings. The van der Waals surface area contributed by atoms with Gasteiger partial charge in [-0.05, 0) is 37.6 Å². The molecule has 2 heterocycles. The van der Waals surface area contributed by atoms with Crippen LogP contribution in [0, 0.1) is 13.8 Å². The van der Waals surface area contributed by atoms with Gasteiger partial charge in [-0.3, -0.25) is 9.78 Å². The second-order valence-electron chi connectivity index (χ2n) is 4.56. The number of H-pyrrole nitrogens is 1. The van der Waals surface area contributed by atoms with E-state index in [0.29, 0.717) is 5.56 Å². The van der Waals surface area contributed by atoms with Crippen LogP contribution in [-0.2, 0) is 0 Å². The lowest BCUT2D eigenvalue weighted by atomic mass is 10.0. The molecule has 0 bridgehead atoms. The highest BCUT2D eigenvalue weighted by Gasteiger charge is 2.09. The number of hydrogen-bond donors (Lipinski definition) is 1. The Hall–Kier alpha value is -2.49. The van der Waals surface area contributed by atoms with E-state index < -0.39 is 0 Å². The largest absolute Gasteiger partial charge is 0.268 e. The van der Waals surface area contributed by atoms with Crippen LogP contribution in [0.1, 0.15) is 11.1 Å². The Labute approximate surface area is 110 Å². The van der Waals surface area contributed by atoms with E-state index in [4.69, 9.17) is 0 Å². The summed E-state index contributed by atoms with van der Waals surface area (Å²) in [4.78, 5) is 15.8. The number of nitrogens with one attached hydrogen (secondary N) is 1. The van der Waals surface area contributed by atoms with Gasteiger partial charge < -0.3 is 0 Å². The zero-order chi connectivity index (χ0) is 13.4. The second kappa shape index (κ2) is 4.31. The number of benzene rings is 1. The normalized spacial score (nSPS) is 10.8. The maximum atomic E-state index is 11.5. The zero-order valence-electron chi connectivity index (χ0n) is 10.8. The summed E-state index contributed by atoms with van der Waals surface area (Å²) >= 11 is 0. The molecule has 0 aliphatic rings. The van der Waals surface area contributed by atoms with Gasteiger partial charge in [0.05, 0.1) is 11.2 Å². The molecule has 0 aliphatic carbocycles. The Morgan fingerprint density at radius 1 is 1.11 bits per heavy atom. The third-order valence-electron chi connectivity index (χ3n) is 3.40. The predicted octanol–water partition coefficient (Wildman–Crippen LogP) is 2.60. The fraction of sp³-hybridized carbons (Fsp3) is 0.133. The summed E-state index contributed by atoms with van der Waals surface area (Å²) < 4.78 is 0. The summed E-state index contributed by atoms with van der Waals surface area (Å²) in [5.41, 5.74) is 4.22. The lowest BCUT2D eigenvalue weighted by Crippen LogP contribution is -2.14. The van der Waals surface area contributed by atoms with E-state index >= 15 is 0 Å². The van der Waals surface area contributed by atoms with Crippen molar-refractivity contribution in [3.8, 4) is 11.3 Å². The molecule has 0 atom stereocenters. The molecule has 1 aromatic carbocycles. The van der Waals surface area contributed by atoms with Gasteiger partial charge >= 0.3 is 0 Å². The molecule has 0 amide bonds. The summed E-state index contributed by atoms with van der Waals surface area (Å²) in [7, 11) is 0. The van der Waals surface area contributed by atoms with Crippen molar-refractivity contribution in [3.63, 3.8) is 0 Å². The molecule has 0 aliphatic heterocycles. The van der Waals surface area contributed by atoms with Crippen LogP contribution in [0.15, 0.2) is 41.3 Å². The molecule has 4 heteroatoms. The van der Waals surface area contributed by atoms with Crippen LogP contribution in [0.3, 0.4) is 0 Å². The lowest BCUT2D eigenvalue weighted by Gasteiger charge is -2.07. The third kappa shape index (κ3) is 1.91. The molecular weight excluding hydrogens is 238 g/mol. The number of rotatable bonds is 1. The average molecular weight is 251 g/mol. The van der Waals surface area contributed by atoms with E-state index in [0.717, 1.165) is 27.7 Å². The lowest BCUT2D eigenvalue weighted by molar-refractivity contribution is 0.959. The van der Waals surface area contributed by atoms with Crippen molar-refractivity contribution in [1.29, 1.82) is 0 Å². The van der Waals surface area contributed by atoms with Crippen LogP contribution in [0.2, 0.25) is 0 Å². The van der Waals surface area contributed by atoms with Gasteiger partial charge in [0.15, 0.2) is 0 Å². The summed E-state index contributed by atoms with van der Waals surface area (Å²) in [5.74, 6) is 0. The smallest absolute Gasteiger partial charge is 0.267 e. The maximum absolute atomic E-state index is 11.5. The van der Waals surface area contributed by atoms with Crippen LogP contribution in [0.25, 0.3) is 22.2 Å². The summed E-state index contributed by atoms with van der Waals surface area (Å²) in [6.45, 7) is 3.72. The quantitative estimate of drug-likeness (QED) is 0.723. The first-order valence-electron chi connectivity index (χ1n) is 6.08. The fourth-order valence-electron chi connectivity index (χ4n) is 2.13. The fourth-order valence-corrected chi connectivity index (χ4v) is 2.13. The van der Waals surface area contributed by atoms with Crippen molar-refractivity contribution in [2.75, 3.05) is 0 Å². The molecule has 1 N–H and O–H groups in total. The minimum absolute atomic E-state index is 0.135. The van der Waals surface area contributed by atoms with Crippen molar-refractivity contribution in [2.45, 2.75) is 13.8 Å². The topological polar surface area (TPSA) is 58.6 Å². The van der Waals surface area contributed by atoms with E-state index in [2.05, 4.69) is 15.2 Å². The molecule has 0 saturated carbocycles. The minimum atomic E-state index is -0.135. The second-order valence-corrected chi connectivity index (χ2v) is 4.56. The van der Waals surface area contributed by atoms with Gasteiger partial charge in [0.2, 0.25) is 0 Å². The molecule has 0 spiro atoms. The van der Waals surface area contributed by atoms with Crippen LogP contribution in [-0.4, -0.2) is 15.2 Å². The highest BCUT2D eigenvalue weighted by molar-refractivity contribution is 5.84. The van der Waals surface area contributed by atoms with Crippen molar-refractivity contribution in [1.82, 2.24) is 15.2 Å². The summed E-state index contributed by atoms with van der Waals surface area (Å²) in [5, 5.41) is 7.75. The number of aromatic amines is 1. The van der Waals surface area contributed by atoms with Crippen LogP contribution < -0.4 is 5.56 Å². The standard InChI is InChI=1S/C15H13N3O/c1-9-10(2)15(19)18-17-14(9)12-5-6-13-11(8-12)4-3-7-16-13/h3-8H,1-2H3,(H,18,19).